The number of benzene rings is 1. The Kier molecular flexibility index (Phi) is 6.02. The number of nitrogen functional groups attached to an aromatic ring is 2. The first-order chi connectivity index (χ1) is 9.85. The third-order valence-corrected chi connectivity index (χ3v) is 2.80. The number of esters is 1. The third-order valence-electron chi connectivity index (χ3n) is 2.80. The van der Waals surface area contributed by atoms with Gasteiger partial charge in [0.05, 0.1) is 12.2 Å². The van der Waals surface area contributed by atoms with Crippen molar-refractivity contribution in [3.05, 3.63) is 23.8 Å². The van der Waals surface area contributed by atoms with Crippen LogP contribution in [0.4, 0.5) is 11.4 Å². The SMILES string of the molecule is CCOC(=O)CN(CC(C)C)C(=O)c1ccc(N)cc1N. The Bertz CT molecular complexity index is 515. The monoisotopic (exact) mass is 293 g/mol. The van der Waals surface area contributed by atoms with E-state index in [0.717, 1.165) is 0 Å². The molecule has 0 saturated carbocycles. The van der Waals surface area contributed by atoms with Crippen LogP contribution in [0.3, 0.4) is 0 Å². The fraction of sp³-hybridized carbons (Fsp3) is 0.467. The van der Waals surface area contributed by atoms with E-state index in [1.807, 2.05) is 13.8 Å². The van der Waals surface area contributed by atoms with E-state index in [1.165, 1.54) is 11.0 Å². The highest BCUT2D eigenvalue weighted by Gasteiger charge is 2.22. The van der Waals surface area contributed by atoms with E-state index < -0.39 is 5.97 Å². The maximum absolute atomic E-state index is 12.5. The van der Waals surface area contributed by atoms with Gasteiger partial charge in [0.25, 0.3) is 5.91 Å². The molecule has 0 aliphatic heterocycles. The third kappa shape index (κ3) is 4.98. The lowest BCUT2D eigenvalue weighted by Gasteiger charge is -2.24. The minimum atomic E-state index is -0.430. The summed E-state index contributed by atoms with van der Waals surface area (Å²) in [6.45, 7) is 6.31. The van der Waals surface area contributed by atoms with Crippen LogP contribution in [0.1, 0.15) is 31.1 Å². The van der Waals surface area contributed by atoms with Crippen molar-refractivity contribution >= 4 is 23.3 Å². The highest BCUT2D eigenvalue weighted by molar-refractivity contribution is 6.00. The van der Waals surface area contributed by atoms with Crippen LogP contribution < -0.4 is 11.5 Å². The van der Waals surface area contributed by atoms with Crippen LogP contribution in [-0.4, -0.2) is 36.5 Å². The summed E-state index contributed by atoms with van der Waals surface area (Å²) in [5.41, 5.74) is 12.6. The van der Waals surface area contributed by atoms with Crippen molar-refractivity contribution in [2.45, 2.75) is 20.8 Å². The van der Waals surface area contributed by atoms with Crippen molar-refractivity contribution in [1.82, 2.24) is 4.90 Å². The van der Waals surface area contributed by atoms with E-state index in [-0.39, 0.29) is 25.0 Å². The van der Waals surface area contributed by atoms with Gasteiger partial charge in [-0.25, -0.2) is 0 Å². The molecule has 116 valence electrons. The highest BCUT2D eigenvalue weighted by Crippen LogP contribution is 2.18. The summed E-state index contributed by atoms with van der Waals surface area (Å²) >= 11 is 0. The number of carbonyl (C=O) groups is 2. The van der Waals surface area contributed by atoms with Gasteiger partial charge in [0.15, 0.2) is 0 Å². The van der Waals surface area contributed by atoms with Crippen molar-refractivity contribution in [1.29, 1.82) is 0 Å². The lowest BCUT2D eigenvalue weighted by Crippen LogP contribution is -2.39. The van der Waals surface area contributed by atoms with Crippen molar-refractivity contribution in [3.63, 3.8) is 0 Å². The van der Waals surface area contributed by atoms with Crippen LogP contribution >= 0.6 is 0 Å². The van der Waals surface area contributed by atoms with Gasteiger partial charge in [-0.2, -0.15) is 0 Å². The van der Waals surface area contributed by atoms with E-state index in [2.05, 4.69) is 0 Å². The minimum Gasteiger partial charge on any atom is -0.465 e. The predicted molar refractivity (Wildman–Crippen MR) is 82.6 cm³/mol. The summed E-state index contributed by atoms with van der Waals surface area (Å²) in [6, 6.07) is 4.72. The summed E-state index contributed by atoms with van der Waals surface area (Å²) in [5, 5.41) is 0. The zero-order valence-corrected chi connectivity index (χ0v) is 12.8. The Balaban J connectivity index is 2.95. The molecular formula is C15H23N3O3. The highest BCUT2D eigenvalue weighted by atomic mass is 16.5. The molecule has 4 N–H and O–H groups in total. The van der Waals surface area contributed by atoms with Gasteiger partial charge < -0.3 is 21.1 Å². The van der Waals surface area contributed by atoms with Crippen molar-refractivity contribution < 1.29 is 14.3 Å². The molecule has 0 fully saturated rings. The van der Waals surface area contributed by atoms with E-state index in [1.54, 1.807) is 19.1 Å². The molecule has 0 aromatic heterocycles. The number of nitrogens with two attached hydrogens (primary N) is 2. The molecule has 0 spiro atoms. The van der Waals surface area contributed by atoms with Crippen molar-refractivity contribution in [3.8, 4) is 0 Å². The van der Waals surface area contributed by atoms with E-state index in [9.17, 15) is 9.59 Å². The standard InChI is InChI=1S/C15H23N3O3/c1-4-21-14(19)9-18(8-10(2)3)15(20)12-6-5-11(16)7-13(12)17/h5-7,10H,4,8-9,16-17H2,1-3H3. The second-order valence-electron chi connectivity index (χ2n) is 5.23. The average molecular weight is 293 g/mol. The van der Waals surface area contributed by atoms with Crippen molar-refractivity contribution in [2.24, 2.45) is 5.92 Å². The van der Waals surface area contributed by atoms with E-state index >= 15 is 0 Å². The van der Waals surface area contributed by atoms with Crippen LogP contribution in [0.25, 0.3) is 0 Å². The molecule has 0 unspecified atom stereocenters. The molecule has 0 atom stereocenters. The van der Waals surface area contributed by atoms with E-state index in [4.69, 9.17) is 16.2 Å². The molecular weight excluding hydrogens is 270 g/mol. The Morgan fingerprint density at radius 2 is 1.95 bits per heavy atom. The van der Waals surface area contributed by atoms with Crippen LogP contribution in [-0.2, 0) is 9.53 Å². The molecule has 1 rings (SSSR count). The van der Waals surface area contributed by atoms with Crippen LogP contribution in [0.2, 0.25) is 0 Å². The second kappa shape index (κ2) is 7.52. The van der Waals surface area contributed by atoms with Gasteiger partial charge in [-0.3, -0.25) is 9.59 Å². The number of rotatable bonds is 6. The fourth-order valence-electron chi connectivity index (χ4n) is 1.97. The zero-order valence-electron chi connectivity index (χ0n) is 12.8. The van der Waals surface area contributed by atoms with E-state index in [0.29, 0.717) is 23.5 Å². The Labute approximate surface area is 125 Å². The first-order valence-corrected chi connectivity index (χ1v) is 6.95. The average Bonchev–Trinajstić information content (AvgIpc) is 2.37. The number of nitrogens with zero attached hydrogens (tertiary/aromatic N) is 1. The molecule has 6 heteroatoms. The molecule has 21 heavy (non-hydrogen) atoms. The van der Waals surface area contributed by atoms with Gasteiger partial charge in [-0.05, 0) is 31.0 Å². The molecule has 0 aliphatic rings. The maximum Gasteiger partial charge on any atom is 0.325 e. The van der Waals surface area contributed by atoms with Gasteiger partial charge >= 0.3 is 5.97 Å². The topological polar surface area (TPSA) is 98.6 Å². The minimum absolute atomic E-state index is 0.0886. The number of carbonyl (C=O) groups excluding carboxylic acids is 2. The van der Waals surface area contributed by atoms with Crippen LogP contribution in [0.15, 0.2) is 18.2 Å². The molecule has 1 aromatic rings. The van der Waals surface area contributed by atoms with Gasteiger partial charge in [0.1, 0.15) is 6.54 Å². The lowest BCUT2D eigenvalue weighted by molar-refractivity contribution is -0.143. The molecule has 6 nitrogen and oxygen atoms in total. The molecule has 0 aliphatic carbocycles. The second-order valence-corrected chi connectivity index (χ2v) is 5.23. The summed E-state index contributed by atoms with van der Waals surface area (Å²) < 4.78 is 4.91. The summed E-state index contributed by atoms with van der Waals surface area (Å²) in [4.78, 5) is 25.6. The number of amides is 1. The van der Waals surface area contributed by atoms with Gasteiger partial charge in [-0.1, -0.05) is 13.8 Å². The molecule has 0 heterocycles. The fourth-order valence-corrected chi connectivity index (χ4v) is 1.97. The van der Waals surface area contributed by atoms with Crippen LogP contribution in [0, 0.1) is 5.92 Å². The van der Waals surface area contributed by atoms with Crippen LogP contribution in [0.5, 0.6) is 0 Å². The Morgan fingerprint density at radius 1 is 1.29 bits per heavy atom. The molecule has 1 amide bonds. The number of hydrogen-bond acceptors (Lipinski definition) is 5. The normalized spacial score (nSPS) is 10.5. The lowest BCUT2D eigenvalue weighted by atomic mass is 10.1. The zero-order chi connectivity index (χ0) is 16.0. The molecule has 1 aromatic carbocycles. The summed E-state index contributed by atoms with van der Waals surface area (Å²) in [5.74, 6) is -0.506. The number of ether oxygens (including phenoxy) is 1. The number of hydrogen-bond donors (Lipinski definition) is 2. The summed E-state index contributed by atoms with van der Waals surface area (Å²) in [6.07, 6.45) is 0. The molecule has 0 radical (unpaired) electrons. The summed E-state index contributed by atoms with van der Waals surface area (Å²) in [7, 11) is 0. The van der Waals surface area contributed by atoms with Gasteiger partial charge in [0.2, 0.25) is 0 Å². The Morgan fingerprint density at radius 3 is 2.48 bits per heavy atom. The number of anilines is 2. The van der Waals surface area contributed by atoms with Crippen molar-refractivity contribution in [2.75, 3.05) is 31.2 Å². The smallest absolute Gasteiger partial charge is 0.325 e. The van der Waals surface area contributed by atoms with Gasteiger partial charge in [0, 0.05) is 17.9 Å². The quantitative estimate of drug-likeness (QED) is 0.612. The maximum atomic E-state index is 12.5. The van der Waals surface area contributed by atoms with Gasteiger partial charge in [-0.15, -0.1) is 0 Å². The molecule has 0 saturated heterocycles. The Hall–Kier alpha value is -2.24. The molecule has 0 bridgehead atoms. The predicted octanol–water partition coefficient (Wildman–Crippen LogP) is 1.51. The largest absolute Gasteiger partial charge is 0.465 e. The first-order valence-electron chi connectivity index (χ1n) is 6.95. The first kappa shape index (κ1) is 16.8.